The number of phenolic OH excluding ortho intramolecular Hbond substituents is 2. The van der Waals surface area contributed by atoms with Gasteiger partial charge >= 0.3 is 0 Å². The quantitative estimate of drug-likeness (QED) is 0.775. The Morgan fingerprint density at radius 3 is 2.27 bits per heavy atom. The van der Waals surface area contributed by atoms with Gasteiger partial charge in [0.15, 0.2) is 0 Å². The Bertz CT molecular complexity index is 390. The molecule has 0 aliphatic carbocycles. The van der Waals surface area contributed by atoms with Crippen molar-refractivity contribution in [1.29, 1.82) is 0 Å². The van der Waals surface area contributed by atoms with Gasteiger partial charge < -0.3 is 10.2 Å². The monoisotopic (exact) mass is 206 g/mol. The molecule has 0 spiro atoms. The molecule has 0 saturated carbocycles. The lowest BCUT2D eigenvalue weighted by atomic mass is 9.96. The van der Waals surface area contributed by atoms with Crippen molar-refractivity contribution in [2.75, 3.05) is 0 Å². The van der Waals surface area contributed by atoms with Gasteiger partial charge in [0.25, 0.3) is 0 Å². The summed E-state index contributed by atoms with van der Waals surface area (Å²) >= 11 is 0. The molecule has 1 aromatic rings. The van der Waals surface area contributed by atoms with Crippen LogP contribution in [0.25, 0.3) is 5.57 Å². The first-order valence-electron chi connectivity index (χ1n) is 5.16. The van der Waals surface area contributed by atoms with Crippen molar-refractivity contribution in [2.24, 2.45) is 0 Å². The molecule has 0 fully saturated rings. The summed E-state index contributed by atoms with van der Waals surface area (Å²) in [5.74, 6) is 0.539. The summed E-state index contributed by atoms with van der Waals surface area (Å²) in [7, 11) is 0. The number of hydrogen-bond acceptors (Lipinski definition) is 2. The molecule has 2 nitrogen and oxygen atoms in total. The average molecular weight is 206 g/mol. The van der Waals surface area contributed by atoms with Crippen molar-refractivity contribution in [3.63, 3.8) is 0 Å². The van der Waals surface area contributed by atoms with Gasteiger partial charge in [-0.25, -0.2) is 0 Å². The Hall–Kier alpha value is -1.44. The van der Waals surface area contributed by atoms with E-state index >= 15 is 0 Å². The lowest BCUT2D eigenvalue weighted by Crippen LogP contribution is -1.91. The Balaban J connectivity index is 3.36. The fraction of sp³-hybridized carbons (Fsp3) is 0.385. The average Bonchev–Trinajstić information content (AvgIpc) is 2.16. The number of benzene rings is 1. The number of allylic oxidation sites excluding steroid dienone is 2. The topological polar surface area (TPSA) is 40.5 Å². The second kappa shape index (κ2) is 4.39. The fourth-order valence-electron chi connectivity index (χ4n) is 1.53. The van der Waals surface area contributed by atoms with E-state index in [1.807, 2.05) is 39.8 Å². The van der Waals surface area contributed by atoms with Crippen LogP contribution in [-0.4, -0.2) is 10.2 Å². The molecule has 1 rings (SSSR count). The minimum absolute atomic E-state index is 0.132. The number of hydrogen-bond donors (Lipinski definition) is 2. The molecule has 1 aromatic carbocycles. The highest BCUT2D eigenvalue weighted by molar-refractivity contribution is 5.70. The Labute approximate surface area is 90.9 Å². The van der Waals surface area contributed by atoms with Crippen molar-refractivity contribution in [3.05, 3.63) is 29.3 Å². The van der Waals surface area contributed by atoms with Gasteiger partial charge in [-0.05, 0) is 37.0 Å². The minimum atomic E-state index is 0.132. The fourth-order valence-corrected chi connectivity index (χ4v) is 1.53. The molecule has 0 aromatic heterocycles. The number of phenols is 2. The highest BCUT2D eigenvalue weighted by atomic mass is 16.3. The summed E-state index contributed by atoms with van der Waals surface area (Å²) in [5, 5.41) is 19.4. The van der Waals surface area contributed by atoms with Crippen LogP contribution in [0.4, 0.5) is 0 Å². The number of aromatic hydroxyl groups is 2. The van der Waals surface area contributed by atoms with Gasteiger partial charge in [-0.2, -0.15) is 0 Å². The third-order valence-corrected chi connectivity index (χ3v) is 2.62. The van der Waals surface area contributed by atoms with Crippen LogP contribution in [0.3, 0.4) is 0 Å². The van der Waals surface area contributed by atoms with E-state index < -0.39 is 0 Å². The van der Waals surface area contributed by atoms with Crippen LogP contribution in [0.1, 0.15) is 44.7 Å². The number of rotatable bonds is 2. The maximum atomic E-state index is 9.70. The predicted molar refractivity (Wildman–Crippen MR) is 63.2 cm³/mol. The molecular weight excluding hydrogens is 188 g/mol. The first-order valence-corrected chi connectivity index (χ1v) is 5.16. The molecule has 0 heterocycles. The first-order chi connectivity index (χ1) is 6.97. The minimum Gasteiger partial charge on any atom is -0.508 e. The predicted octanol–water partition coefficient (Wildman–Crippen LogP) is 3.64. The Kier molecular flexibility index (Phi) is 3.40. The highest BCUT2D eigenvalue weighted by Crippen LogP contribution is 2.35. The second-order valence-corrected chi connectivity index (χ2v) is 4.05. The smallest absolute Gasteiger partial charge is 0.126 e. The third-order valence-electron chi connectivity index (χ3n) is 2.62. The first kappa shape index (κ1) is 11.6. The van der Waals surface area contributed by atoms with Gasteiger partial charge in [-0.1, -0.05) is 19.9 Å². The normalized spacial score (nSPS) is 12.2. The molecular formula is C13H18O2. The van der Waals surface area contributed by atoms with Crippen LogP contribution in [0, 0.1) is 0 Å². The van der Waals surface area contributed by atoms with Crippen LogP contribution in [-0.2, 0) is 0 Å². The molecule has 15 heavy (non-hydrogen) atoms. The van der Waals surface area contributed by atoms with E-state index in [-0.39, 0.29) is 17.4 Å². The van der Waals surface area contributed by atoms with Gasteiger partial charge in [0.05, 0.1) is 0 Å². The third kappa shape index (κ3) is 2.32. The van der Waals surface area contributed by atoms with E-state index in [0.717, 1.165) is 16.7 Å². The largest absolute Gasteiger partial charge is 0.508 e. The zero-order valence-corrected chi connectivity index (χ0v) is 9.70. The van der Waals surface area contributed by atoms with Crippen molar-refractivity contribution in [1.82, 2.24) is 0 Å². The Morgan fingerprint density at radius 1 is 1.20 bits per heavy atom. The molecule has 82 valence electrons. The zero-order chi connectivity index (χ0) is 11.6. The molecule has 0 radical (unpaired) electrons. The van der Waals surface area contributed by atoms with Gasteiger partial charge in [0, 0.05) is 11.6 Å². The maximum absolute atomic E-state index is 9.70. The summed E-state index contributed by atoms with van der Waals surface area (Å²) in [5.41, 5.74) is 2.66. The lowest BCUT2D eigenvalue weighted by Gasteiger charge is -2.12. The zero-order valence-electron chi connectivity index (χ0n) is 9.70. The summed E-state index contributed by atoms with van der Waals surface area (Å²) < 4.78 is 0. The van der Waals surface area contributed by atoms with Crippen LogP contribution < -0.4 is 0 Å². The van der Waals surface area contributed by atoms with Crippen LogP contribution in [0.15, 0.2) is 18.2 Å². The van der Waals surface area contributed by atoms with E-state index in [0.29, 0.717) is 0 Å². The molecule has 0 atom stereocenters. The van der Waals surface area contributed by atoms with Gasteiger partial charge in [0.2, 0.25) is 0 Å². The highest BCUT2D eigenvalue weighted by Gasteiger charge is 2.11. The van der Waals surface area contributed by atoms with Crippen molar-refractivity contribution < 1.29 is 10.2 Å². The SMILES string of the molecule is CC=C(C)c1cc(C(C)C)c(O)cc1O. The summed E-state index contributed by atoms with van der Waals surface area (Å²) in [6, 6.07) is 3.27. The van der Waals surface area contributed by atoms with Crippen LogP contribution in [0.2, 0.25) is 0 Å². The molecule has 0 aliphatic rings. The van der Waals surface area contributed by atoms with Crippen LogP contribution >= 0.6 is 0 Å². The molecule has 0 unspecified atom stereocenters. The molecule has 0 bridgehead atoms. The standard InChI is InChI=1S/C13H18O2/c1-5-9(4)11-6-10(8(2)3)12(14)7-13(11)15/h5-8,14-15H,1-4H3. The van der Waals surface area contributed by atoms with Gasteiger partial charge in [-0.15, -0.1) is 0 Å². The van der Waals surface area contributed by atoms with Crippen molar-refractivity contribution in [3.8, 4) is 11.5 Å². The van der Waals surface area contributed by atoms with Crippen molar-refractivity contribution in [2.45, 2.75) is 33.6 Å². The Morgan fingerprint density at radius 2 is 1.80 bits per heavy atom. The van der Waals surface area contributed by atoms with E-state index in [1.165, 1.54) is 6.07 Å². The summed E-state index contributed by atoms with van der Waals surface area (Å²) in [4.78, 5) is 0. The summed E-state index contributed by atoms with van der Waals surface area (Å²) in [6.07, 6.45) is 1.94. The maximum Gasteiger partial charge on any atom is 0.126 e. The van der Waals surface area contributed by atoms with E-state index in [1.54, 1.807) is 0 Å². The van der Waals surface area contributed by atoms with E-state index in [4.69, 9.17) is 0 Å². The van der Waals surface area contributed by atoms with Crippen molar-refractivity contribution >= 4 is 5.57 Å². The molecule has 0 aliphatic heterocycles. The van der Waals surface area contributed by atoms with Gasteiger partial charge in [-0.3, -0.25) is 0 Å². The molecule has 2 heteroatoms. The summed E-state index contributed by atoms with van der Waals surface area (Å²) in [6.45, 7) is 7.90. The molecule has 0 amide bonds. The van der Waals surface area contributed by atoms with E-state index in [2.05, 4.69) is 0 Å². The lowest BCUT2D eigenvalue weighted by molar-refractivity contribution is 0.443. The van der Waals surface area contributed by atoms with Crippen LogP contribution in [0.5, 0.6) is 11.5 Å². The molecule has 0 saturated heterocycles. The second-order valence-electron chi connectivity index (χ2n) is 4.05. The van der Waals surface area contributed by atoms with E-state index in [9.17, 15) is 10.2 Å². The van der Waals surface area contributed by atoms with Gasteiger partial charge in [0.1, 0.15) is 11.5 Å². The molecule has 2 N–H and O–H groups in total.